The summed E-state index contributed by atoms with van der Waals surface area (Å²) >= 11 is 0. The summed E-state index contributed by atoms with van der Waals surface area (Å²) in [5.74, 6) is 0.590. The lowest BCUT2D eigenvalue weighted by molar-refractivity contribution is 0.533. The van der Waals surface area contributed by atoms with Gasteiger partial charge in [0.15, 0.2) is 5.65 Å². The number of nitrogens with zero attached hydrogens (tertiary/aromatic N) is 4. The smallest absolute Gasteiger partial charge is 0.229 e. The van der Waals surface area contributed by atoms with Gasteiger partial charge in [-0.15, -0.1) is 0 Å². The van der Waals surface area contributed by atoms with Crippen LogP contribution in [0.4, 0.5) is 11.6 Å². The summed E-state index contributed by atoms with van der Waals surface area (Å²) in [6.07, 6.45) is 5.82. The minimum atomic E-state index is 0.244. The normalized spacial score (nSPS) is 16.1. The quantitative estimate of drug-likeness (QED) is 0.615. The molecule has 2 aromatic carbocycles. The van der Waals surface area contributed by atoms with E-state index in [4.69, 9.17) is 4.98 Å². The van der Waals surface area contributed by atoms with Crippen LogP contribution in [0.15, 0.2) is 67.0 Å². The maximum atomic E-state index is 4.73. The van der Waals surface area contributed by atoms with Crippen LogP contribution in [0.25, 0.3) is 11.0 Å². The predicted molar refractivity (Wildman–Crippen MR) is 97.9 cm³/mol. The number of hydrogen-bond acceptors (Lipinski definition) is 4. The monoisotopic (exact) mass is 327 g/mol. The van der Waals surface area contributed by atoms with Gasteiger partial charge in [-0.05, 0) is 36.1 Å². The second-order valence-corrected chi connectivity index (χ2v) is 6.31. The molecular formula is C20H17N5. The Hall–Kier alpha value is -3.21. The Morgan fingerprint density at radius 1 is 0.960 bits per heavy atom. The summed E-state index contributed by atoms with van der Waals surface area (Å²) in [7, 11) is 0. The van der Waals surface area contributed by atoms with Crippen molar-refractivity contribution in [1.82, 2.24) is 19.7 Å². The zero-order chi connectivity index (χ0) is 16.6. The Morgan fingerprint density at radius 3 is 2.72 bits per heavy atom. The van der Waals surface area contributed by atoms with Crippen LogP contribution in [0.2, 0.25) is 0 Å². The van der Waals surface area contributed by atoms with Crippen molar-refractivity contribution >= 4 is 22.7 Å². The molecule has 0 saturated heterocycles. The van der Waals surface area contributed by atoms with Gasteiger partial charge in [0.05, 0.1) is 17.6 Å². The van der Waals surface area contributed by atoms with Gasteiger partial charge in [0.2, 0.25) is 5.95 Å². The second kappa shape index (κ2) is 5.70. The number of para-hydroxylation sites is 1. The number of benzene rings is 2. The van der Waals surface area contributed by atoms with Crippen LogP contribution in [0.5, 0.6) is 0 Å². The molecule has 0 aliphatic heterocycles. The van der Waals surface area contributed by atoms with Gasteiger partial charge in [-0.1, -0.05) is 42.5 Å². The molecule has 0 bridgehead atoms. The van der Waals surface area contributed by atoms with E-state index in [1.807, 2.05) is 47.4 Å². The van der Waals surface area contributed by atoms with Gasteiger partial charge in [-0.2, -0.15) is 10.1 Å². The zero-order valence-electron chi connectivity index (χ0n) is 13.6. The van der Waals surface area contributed by atoms with Gasteiger partial charge in [0.25, 0.3) is 0 Å². The van der Waals surface area contributed by atoms with E-state index in [0.29, 0.717) is 5.95 Å². The molecule has 5 nitrogen and oxygen atoms in total. The van der Waals surface area contributed by atoms with Gasteiger partial charge in [0, 0.05) is 11.9 Å². The maximum absolute atomic E-state index is 4.73. The molecule has 122 valence electrons. The minimum absolute atomic E-state index is 0.244. The molecule has 0 spiro atoms. The Labute approximate surface area is 145 Å². The van der Waals surface area contributed by atoms with Crippen molar-refractivity contribution in [3.63, 3.8) is 0 Å². The lowest BCUT2D eigenvalue weighted by Crippen LogP contribution is -2.10. The van der Waals surface area contributed by atoms with Gasteiger partial charge in [-0.25, -0.2) is 9.67 Å². The molecule has 2 aromatic heterocycles. The summed E-state index contributed by atoms with van der Waals surface area (Å²) in [5.41, 5.74) is 4.60. The Balaban J connectivity index is 1.55. The molecule has 5 heteroatoms. The molecule has 0 saturated carbocycles. The maximum Gasteiger partial charge on any atom is 0.229 e. The molecule has 25 heavy (non-hydrogen) atoms. The molecular weight excluding hydrogens is 310 g/mol. The highest BCUT2D eigenvalue weighted by molar-refractivity contribution is 5.75. The molecule has 1 atom stereocenters. The molecule has 0 amide bonds. The van der Waals surface area contributed by atoms with Crippen LogP contribution in [-0.4, -0.2) is 19.7 Å². The fourth-order valence-electron chi connectivity index (χ4n) is 3.56. The van der Waals surface area contributed by atoms with Crippen molar-refractivity contribution in [2.45, 2.75) is 18.9 Å². The minimum Gasteiger partial charge on any atom is -0.324 e. The van der Waals surface area contributed by atoms with Crippen molar-refractivity contribution < 1.29 is 0 Å². The molecule has 1 unspecified atom stereocenters. The van der Waals surface area contributed by atoms with E-state index in [0.717, 1.165) is 29.6 Å². The highest BCUT2D eigenvalue weighted by Gasteiger charge is 2.25. The summed E-state index contributed by atoms with van der Waals surface area (Å²) in [4.78, 5) is 9.14. The standard InChI is InChI=1S/C20H17N5/c1-2-7-16(8-3-1)23-20-21-12-15-13-22-25(19(15)24-20)18-11-10-14-6-4-5-9-17(14)18/h1-9,12-13,18H,10-11H2,(H,21,23,24). The lowest BCUT2D eigenvalue weighted by atomic mass is 10.1. The number of nitrogens with one attached hydrogen (secondary N) is 1. The van der Waals surface area contributed by atoms with E-state index in [1.54, 1.807) is 0 Å². The first kappa shape index (κ1) is 14.2. The number of aryl methyl sites for hydroxylation is 1. The van der Waals surface area contributed by atoms with E-state index < -0.39 is 0 Å². The molecule has 4 aromatic rings. The topological polar surface area (TPSA) is 55.6 Å². The van der Waals surface area contributed by atoms with E-state index >= 15 is 0 Å². The van der Waals surface area contributed by atoms with Crippen LogP contribution >= 0.6 is 0 Å². The van der Waals surface area contributed by atoms with Crippen molar-refractivity contribution in [2.75, 3.05) is 5.32 Å². The number of hydrogen-bond donors (Lipinski definition) is 1. The van der Waals surface area contributed by atoms with Crippen molar-refractivity contribution in [1.29, 1.82) is 0 Å². The zero-order valence-corrected chi connectivity index (χ0v) is 13.6. The first-order valence-corrected chi connectivity index (χ1v) is 8.48. The van der Waals surface area contributed by atoms with Gasteiger partial charge in [0.1, 0.15) is 0 Å². The van der Waals surface area contributed by atoms with Gasteiger partial charge in [-0.3, -0.25) is 0 Å². The van der Waals surface area contributed by atoms with E-state index in [-0.39, 0.29) is 6.04 Å². The van der Waals surface area contributed by atoms with Crippen molar-refractivity contribution in [3.8, 4) is 0 Å². The highest BCUT2D eigenvalue weighted by Crippen LogP contribution is 2.35. The largest absolute Gasteiger partial charge is 0.324 e. The Morgan fingerprint density at radius 2 is 1.80 bits per heavy atom. The molecule has 1 aliphatic carbocycles. The second-order valence-electron chi connectivity index (χ2n) is 6.31. The van der Waals surface area contributed by atoms with E-state index in [9.17, 15) is 0 Å². The van der Waals surface area contributed by atoms with Crippen LogP contribution in [-0.2, 0) is 6.42 Å². The first-order valence-electron chi connectivity index (χ1n) is 8.48. The number of fused-ring (bicyclic) bond motifs is 2. The third-order valence-corrected chi connectivity index (χ3v) is 4.76. The fourth-order valence-corrected chi connectivity index (χ4v) is 3.56. The van der Waals surface area contributed by atoms with Gasteiger partial charge < -0.3 is 5.32 Å². The summed E-state index contributed by atoms with van der Waals surface area (Å²) in [5, 5.41) is 8.83. The lowest BCUT2D eigenvalue weighted by Gasteiger charge is -2.13. The van der Waals surface area contributed by atoms with Crippen molar-refractivity contribution in [2.24, 2.45) is 0 Å². The molecule has 1 aliphatic rings. The predicted octanol–water partition coefficient (Wildman–Crippen LogP) is 4.11. The average Bonchev–Trinajstić information content (AvgIpc) is 3.26. The van der Waals surface area contributed by atoms with Crippen LogP contribution in [0.3, 0.4) is 0 Å². The average molecular weight is 327 g/mol. The van der Waals surface area contributed by atoms with Crippen LogP contribution in [0.1, 0.15) is 23.6 Å². The van der Waals surface area contributed by atoms with Gasteiger partial charge >= 0.3 is 0 Å². The molecule has 0 radical (unpaired) electrons. The first-order chi connectivity index (χ1) is 12.4. The number of aromatic nitrogens is 4. The van der Waals surface area contributed by atoms with Crippen LogP contribution in [0, 0.1) is 0 Å². The molecule has 2 heterocycles. The third-order valence-electron chi connectivity index (χ3n) is 4.76. The van der Waals surface area contributed by atoms with Crippen LogP contribution < -0.4 is 5.32 Å². The highest BCUT2D eigenvalue weighted by atomic mass is 15.3. The van der Waals surface area contributed by atoms with E-state index in [1.165, 1.54) is 11.1 Å². The fraction of sp³-hybridized carbons (Fsp3) is 0.150. The Kier molecular flexibility index (Phi) is 3.23. The number of rotatable bonds is 3. The SMILES string of the molecule is c1ccc(Nc2ncc3cnn(C4CCc5ccccc54)c3n2)cc1. The summed E-state index contributed by atoms with van der Waals surface area (Å²) < 4.78 is 2.04. The summed E-state index contributed by atoms with van der Waals surface area (Å²) in [6, 6.07) is 18.8. The number of anilines is 2. The Bertz CT molecular complexity index is 1040. The molecule has 0 fully saturated rings. The summed E-state index contributed by atoms with van der Waals surface area (Å²) in [6.45, 7) is 0. The van der Waals surface area contributed by atoms with Crippen molar-refractivity contribution in [3.05, 3.63) is 78.1 Å². The molecule has 5 rings (SSSR count). The molecule has 1 N–H and O–H groups in total. The van der Waals surface area contributed by atoms with E-state index in [2.05, 4.69) is 39.7 Å². The third kappa shape index (κ3) is 2.45.